The van der Waals surface area contributed by atoms with E-state index in [0.29, 0.717) is 6.54 Å². The van der Waals surface area contributed by atoms with Crippen molar-refractivity contribution in [1.29, 1.82) is 5.53 Å². The number of hydrogen-bond donors (Lipinski definition) is 1. The summed E-state index contributed by atoms with van der Waals surface area (Å²) in [5.74, 6) is 0. The molecular formula is C7H10N2. The van der Waals surface area contributed by atoms with Gasteiger partial charge in [-0.1, -0.05) is 12.7 Å². The molecule has 0 bridgehead atoms. The average molecular weight is 122 g/mol. The minimum absolute atomic E-state index is 0.554. The summed E-state index contributed by atoms with van der Waals surface area (Å²) in [5.41, 5.74) is 9.29. The van der Waals surface area contributed by atoms with Gasteiger partial charge in [0.15, 0.2) is 0 Å². The molecule has 0 saturated carbocycles. The third-order valence-corrected chi connectivity index (χ3v) is 0.717. The van der Waals surface area contributed by atoms with Crippen molar-refractivity contribution in [3.05, 3.63) is 30.5 Å². The van der Waals surface area contributed by atoms with Crippen LogP contribution in [0.15, 0.2) is 35.7 Å². The molecule has 2 heteroatoms. The van der Waals surface area contributed by atoms with Crippen LogP contribution in [0.1, 0.15) is 6.42 Å². The van der Waals surface area contributed by atoms with E-state index in [1.165, 1.54) is 0 Å². The highest BCUT2D eigenvalue weighted by Crippen LogP contribution is 1.80. The molecule has 0 aromatic heterocycles. The Kier molecular flexibility index (Phi) is 5.99. The first-order valence-electron chi connectivity index (χ1n) is 2.77. The van der Waals surface area contributed by atoms with Crippen LogP contribution in [0.2, 0.25) is 0 Å². The highest BCUT2D eigenvalue weighted by atomic mass is 14.9. The van der Waals surface area contributed by atoms with Gasteiger partial charge in [-0.05, 0) is 18.6 Å². The lowest BCUT2D eigenvalue weighted by Gasteiger charge is -1.76. The second kappa shape index (κ2) is 6.86. The van der Waals surface area contributed by atoms with Crippen molar-refractivity contribution in [2.45, 2.75) is 6.42 Å². The molecule has 0 aliphatic carbocycles. The van der Waals surface area contributed by atoms with Crippen LogP contribution in [0.3, 0.4) is 0 Å². The summed E-state index contributed by atoms with van der Waals surface area (Å²) in [6.45, 7) is 4.03. The number of allylic oxidation sites excluding steroid dienone is 1. The lowest BCUT2D eigenvalue weighted by atomic mass is 10.4. The summed E-state index contributed by atoms with van der Waals surface area (Å²) in [6.07, 6.45) is 6.01. The monoisotopic (exact) mass is 122 g/mol. The van der Waals surface area contributed by atoms with Crippen LogP contribution in [-0.4, -0.2) is 6.54 Å². The molecule has 9 heavy (non-hydrogen) atoms. The van der Waals surface area contributed by atoms with Crippen molar-refractivity contribution in [3.8, 4) is 0 Å². The number of rotatable bonds is 4. The Labute approximate surface area is 55.1 Å². The number of nitrogens with one attached hydrogen (secondary N) is 1. The molecule has 0 atom stereocenters. The van der Waals surface area contributed by atoms with Gasteiger partial charge < -0.3 is 0 Å². The summed E-state index contributed by atoms with van der Waals surface area (Å²) in [7, 11) is 0. The van der Waals surface area contributed by atoms with Gasteiger partial charge in [0.05, 0.1) is 6.54 Å². The molecule has 0 aliphatic rings. The fourth-order valence-electron chi connectivity index (χ4n) is 0.349. The van der Waals surface area contributed by atoms with Crippen molar-refractivity contribution >= 4 is 0 Å². The van der Waals surface area contributed by atoms with Crippen LogP contribution in [0.25, 0.3) is 0 Å². The Morgan fingerprint density at radius 3 is 3.00 bits per heavy atom. The summed E-state index contributed by atoms with van der Waals surface area (Å²) in [6, 6.07) is 0. The Morgan fingerprint density at radius 2 is 2.44 bits per heavy atom. The van der Waals surface area contributed by atoms with Crippen molar-refractivity contribution < 1.29 is 0 Å². The third-order valence-electron chi connectivity index (χ3n) is 0.717. The number of hydrogen-bond acceptors (Lipinski definition) is 2. The molecule has 48 valence electrons. The second-order valence-electron chi connectivity index (χ2n) is 1.44. The quantitative estimate of drug-likeness (QED) is 0.257. The van der Waals surface area contributed by atoms with E-state index in [1.807, 2.05) is 6.08 Å². The summed E-state index contributed by atoms with van der Waals surface area (Å²) >= 11 is 0. The first kappa shape index (κ1) is 7.86. The van der Waals surface area contributed by atoms with E-state index in [0.717, 1.165) is 6.42 Å². The van der Waals surface area contributed by atoms with Gasteiger partial charge in [0.25, 0.3) is 0 Å². The van der Waals surface area contributed by atoms with E-state index in [1.54, 1.807) is 12.2 Å². The molecule has 2 nitrogen and oxygen atoms in total. The largest absolute Gasteiger partial charge is 0.210 e. The topological polar surface area (TPSA) is 36.2 Å². The Hall–Kier alpha value is -1.14. The zero-order chi connectivity index (χ0) is 6.95. The predicted octanol–water partition coefficient (Wildman–Crippen LogP) is 2.30. The lowest BCUT2D eigenvalue weighted by molar-refractivity contribution is 0.888. The first-order chi connectivity index (χ1) is 4.41. The van der Waals surface area contributed by atoms with Gasteiger partial charge in [-0.2, -0.15) is 5.11 Å². The van der Waals surface area contributed by atoms with E-state index in [-0.39, 0.29) is 0 Å². The molecule has 0 saturated heterocycles. The SMILES string of the molecule is C=CC=C=CCCN=N. The predicted molar refractivity (Wildman–Crippen MR) is 37.5 cm³/mol. The molecule has 0 aromatic rings. The summed E-state index contributed by atoms with van der Waals surface area (Å²) in [5, 5.41) is 3.17. The molecule has 0 aromatic carbocycles. The highest BCUT2D eigenvalue weighted by molar-refractivity contribution is 4.97. The van der Waals surface area contributed by atoms with E-state index >= 15 is 0 Å². The van der Waals surface area contributed by atoms with E-state index in [9.17, 15) is 0 Å². The Balaban J connectivity index is 3.34. The zero-order valence-corrected chi connectivity index (χ0v) is 5.30. The van der Waals surface area contributed by atoms with Crippen LogP contribution in [-0.2, 0) is 0 Å². The highest BCUT2D eigenvalue weighted by Gasteiger charge is 1.70. The first-order valence-corrected chi connectivity index (χ1v) is 2.77. The third kappa shape index (κ3) is 6.86. The summed E-state index contributed by atoms with van der Waals surface area (Å²) < 4.78 is 0. The van der Waals surface area contributed by atoms with Gasteiger partial charge in [-0.25, -0.2) is 5.53 Å². The Bertz CT molecular complexity index is 141. The van der Waals surface area contributed by atoms with Gasteiger partial charge in [-0.3, -0.25) is 0 Å². The van der Waals surface area contributed by atoms with Crippen molar-refractivity contribution in [2.24, 2.45) is 5.11 Å². The van der Waals surface area contributed by atoms with Crippen LogP contribution < -0.4 is 0 Å². The molecule has 0 unspecified atom stereocenters. The maximum Gasteiger partial charge on any atom is 0.0636 e. The number of nitrogens with zero attached hydrogens (tertiary/aromatic N) is 1. The normalized spacial score (nSPS) is 7.11. The maximum atomic E-state index is 6.43. The van der Waals surface area contributed by atoms with Crippen molar-refractivity contribution in [2.75, 3.05) is 6.54 Å². The minimum atomic E-state index is 0.554. The molecule has 0 rings (SSSR count). The summed E-state index contributed by atoms with van der Waals surface area (Å²) in [4.78, 5) is 0. The minimum Gasteiger partial charge on any atom is -0.210 e. The molecule has 0 heterocycles. The smallest absolute Gasteiger partial charge is 0.0636 e. The molecule has 0 amide bonds. The van der Waals surface area contributed by atoms with Crippen LogP contribution in [0.4, 0.5) is 0 Å². The van der Waals surface area contributed by atoms with Gasteiger partial charge >= 0.3 is 0 Å². The van der Waals surface area contributed by atoms with Crippen LogP contribution in [0, 0.1) is 5.53 Å². The van der Waals surface area contributed by atoms with Crippen molar-refractivity contribution in [1.82, 2.24) is 0 Å². The van der Waals surface area contributed by atoms with Crippen LogP contribution in [0.5, 0.6) is 0 Å². The molecule has 0 fully saturated rings. The van der Waals surface area contributed by atoms with E-state index in [2.05, 4.69) is 17.4 Å². The van der Waals surface area contributed by atoms with Gasteiger partial charge in [-0.15, -0.1) is 5.73 Å². The standard InChI is InChI=1S/C7H10N2/c1-2-3-4-5-6-7-9-8/h2-3,5,8H,1,6-7H2. The zero-order valence-electron chi connectivity index (χ0n) is 5.30. The molecule has 1 N–H and O–H groups in total. The van der Waals surface area contributed by atoms with E-state index in [4.69, 9.17) is 5.53 Å². The second-order valence-corrected chi connectivity index (χ2v) is 1.44. The fourth-order valence-corrected chi connectivity index (χ4v) is 0.349. The lowest BCUT2D eigenvalue weighted by Crippen LogP contribution is -1.69. The molecular weight excluding hydrogens is 112 g/mol. The molecule has 0 spiro atoms. The van der Waals surface area contributed by atoms with Crippen LogP contribution >= 0.6 is 0 Å². The van der Waals surface area contributed by atoms with Gasteiger partial charge in [0.2, 0.25) is 0 Å². The molecule has 0 aliphatic heterocycles. The van der Waals surface area contributed by atoms with Crippen molar-refractivity contribution in [3.63, 3.8) is 0 Å². The maximum absolute atomic E-state index is 6.43. The molecule has 0 radical (unpaired) electrons. The van der Waals surface area contributed by atoms with E-state index < -0.39 is 0 Å². The average Bonchev–Trinajstić information content (AvgIpc) is 1.89. The fraction of sp³-hybridized carbons (Fsp3) is 0.286. The Morgan fingerprint density at radius 1 is 1.67 bits per heavy atom. The van der Waals surface area contributed by atoms with Gasteiger partial charge in [0.1, 0.15) is 0 Å². The van der Waals surface area contributed by atoms with Gasteiger partial charge in [0, 0.05) is 0 Å².